The molecule has 6 atom stereocenters. The monoisotopic (exact) mass is 624 g/mol. The van der Waals surface area contributed by atoms with Crippen LogP contribution in [0.3, 0.4) is 0 Å². The number of methoxy groups -OCH3 is 2. The number of amides is 2. The van der Waals surface area contributed by atoms with E-state index in [-0.39, 0.29) is 18.2 Å². The normalized spacial score (nSPS) is 29.9. The molecular formula is C34H48N4O7. The Kier molecular flexibility index (Phi) is 9.58. The quantitative estimate of drug-likeness (QED) is 0.501. The highest BCUT2D eigenvalue weighted by Crippen LogP contribution is 2.42. The Balaban J connectivity index is 1.56. The van der Waals surface area contributed by atoms with Crippen molar-refractivity contribution in [1.29, 1.82) is 0 Å². The average molecular weight is 625 g/mol. The Labute approximate surface area is 265 Å². The van der Waals surface area contributed by atoms with Crippen molar-refractivity contribution in [3.63, 3.8) is 0 Å². The molecule has 1 saturated carbocycles. The summed E-state index contributed by atoms with van der Waals surface area (Å²) in [6, 6.07) is 3.69. The summed E-state index contributed by atoms with van der Waals surface area (Å²) >= 11 is 0. The van der Waals surface area contributed by atoms with Crippen molar-refractivity contribution in [1.82, 2.24) is 20.2 Å². The van der Waals surface area contributed by atoms with E-state index >= 15 is 0 Å². The number of carbonyl (C=O) groups is 3. The number of ether oxygens (including phenoxy) is 4. The third kappa shape index (κ3) is 6.88. The molecule has 2 bridgehead atoms. The van der Waals surface area contributed by atoms with Crippen LogP contribution in [0.1, 0.15) is 85.3 Å². The number of aryl methyl sites for hydroxylation is 1. The minimum Gasteiger partial charge on any atom is -0.497 e. The number of fused-ring (bicyclic) bond motifs is 5. The van der Waals surface area contributed by atoms with Crippen molar-refractivity contribution in [3.8, 4) is 11.6 Å². The molecule has 246 valence electrons. The number of nitrogens with zero attached hydrogens (tertiary/aromatic N) is 3. The molecule has 45 heavy (non-hydrogen) atoms. The third-order valence-electron chi connectivity index (χ3n) is 9.79. The molecular weight excluding hydrogens is 576 g/mol. The highest BCUT2D eigenvalue weighted by molar-refractivity contribution is 5.93. The van der Waals surface area contributed by atoms with Gasteiger partial charge in [0.15, 0.2) is 5.78 Å². The molecule has 0 unspecified atom stereocenters. The minimum atomic E-state index is -0.950. The van der Waals surface area contributed by atoms with Crippen molar-refractivity contribution in [2.45, 2.75) is 116 Å². The highest BCUT2D eigenvalue weighted by Gasteiger charge is 2.52. The van der Waals surface area contributed by atoms with Crippen molar-refractivity contribution >= 4 is 28.8 Å². The Hall–Kier alpha value is -3.47. The van der Waals surface area contributed by atoms with Crippen LogP contribution < -0.4 is 14.8 Å². The number of nitrogens with one attached hydrogen (secondary N) is 1. The fourth-order valence-corrected chi connectivity index (χ4v) is 7.26. The lowest BCUT2D eigenvalue weighted by molar-refractivity contribution is -0.143. The zero-order chi connectivity index (χ0) is 32.5. The molecule has 3 heterocycles. The predicted molar refractivity (Wildman–Crippen MR) is 168 cm³/mol. The van der Waals surface area contributed by atoms with Crippen LogP contribution in [0.2, 0.25) is 0 Å². The SMILES string of the molecule is COc1ccc2nc3c(nc2c1)O[C@H]1CN(C(=O)[C@H](C(C)(C)C)NC(=O)O[C@]2(C)CCC[C@H]2CCCCC3)[C@H](C(C)=O)[C@@H]1OC. The van der Waals surface area contributed by atoms with E-state index in [4.69, 9.17) is 28.9 Å². The van der Waals surface area contributed by atoms with Gasteiger partial charge in [0.2, 0.25) is 11.8 Å². The van der Waals surface area contributed by atoms with Gasteiger partial charge in [0.1, 0.15) is 41.3 Å². The van der Waals surface area contributed by atoms with Crippen LogP contribution in [0, 0.1) is 11.3 Å². The Morgan fingerprint density at radius 2 is 1.82 bits per heavy atom. The summed E-state index contributed by atoms with van der Waals surface area (Å²) in [5.41, 5.74) is 0.799. The molecule has 1 saturated heterocycles. The smallest absolute Gasteiger partial charge is 0.408 e. The van der Waals surface area contributed by atoms with Gasteiger partial charge in [-0.25, -0.2) is 14.8 Å². The van der Waals surface area contributed by atoms with E-state index in [0.717, 1.165) is 56.2 Å². The number of rotatable bonds is 3. The summed E-state index contributed by atoms with van der Waals surface area (Å²) in [5.74, 6) is 0.621. The van der Waals surface area contributed by atoms with Crippen LogP contribution in [0.15, 0.2) is 18.2 Å². The van der Waals surface area contributed by atoms with Gasteiger partial charge in [0, 0.05) is 13.2 Å². The molecule has 1 aromatic heterocycles. The molecule has 2 aromatic rings. The first-order valence-corrected chi connectivity index (χ1v) is 16.2. The second-order valence-corrected chi connectivity index (χ2v) is 14.1. The number of alkyl carbamates (subject to hydrolysis) is 1. The number of hydrogen-bond donors (Lipinski definition) is 1. The van der Waals surface area contributed by atoms with Gasteiger partial charge in [-0.1, -0.05) is 33.6 Å². The molecule has 1 N–H and O–H groups in total. The zero-order valence-corrected chi connectivity index (χ0v) is 27.7. The van der Waals surface area contributed by atoms with Crippen molar-refractivity contribution in [2.24, 2.45) is 11.3 Å². The summed E-state index contributed by atoms with van der Waals surface area (Å²) in [6.07, 6.45) is 5.15. The van der Waals surface area contributed by atoms with Crippen molar-refractivity contribution in [3.05, 3.63) is 23.9 Å². The van der Waals surface area contributed by atoms with E-state index in [0.29, 0.717) is 23.6 Å². The van der Waals surface area contributed by atoms with Gasteiger partial charge in [-0.05, 0) is 75.8 Å². The van der Waals surface area contributed by atoms with Gasteiger partial charge in [0.05, 0.1) is 24.7 Å². The first-order chi connectivity index (χ1) is 21.3. The molecule has 11 heteroatoms. The summed E-state index contributed by atoms with van der Waals surface area (Å²) in [7, 11) is 3.11. The summed E-state index contributed by atoms with van der Waals surface area (Å²) in [4.78, 5) is 52.1. The van der Waals surface area contributed by atoms with E-state index in [1.54, 1.807) is 7.11 Å². The topological polar surface area (TPSA) is 129 Å². The molecule has 2 fully saturated rings. The van der Waals surface area contributed by atoms with Gasteiger partial charge < -0.3 is 29.2 Å². The molecule has 5 rings (SSSR count). The molecule has 11 nitrogen and oxygen atoms in total. The van der Waals surface area contributed by atoms with Crippen molar-refractivity contribution < 1.29 is 33.3 Å². The molecule has 2 aliphatic heterocycles. The summed E-state index contributed by atoms with van der Waals surface area (Å²) < 4.78 is 23.9. The maximum Gasteiger partial charge on any atom is 0.408 e. The van der Waals surface area contributed by atoms with Crippen LogP contribution >= 0.6 is 0 Å². The largest absolute Gasteiger partial charge is 0.497 e. The van der Waals surface area contributed by atoms with E-state index in [1.807, 2.05) is 45.9 Å². The number of ketones is 1. The Bertz CT molecular complexity index is 1430. The van der Waals surface area contributed by atoms with Gasteiger partial charge >= 0.3 is 6.09 Å². The minimum absolute atomic E-state index is 0.0714. The number of carbonyl (C=O) groups excluding carboxylic acids is 3. The van der Waals surface area contributed by atoms with Gasteiger partial charge in [-0.3, -0.25) is 9.59 Å². The van der Waals surface area contributed by atoms with E-state index in [9.17, 15) is 14.4 Å². The lowest BCUT2D eigenvalue weighted by atomic mass is 9.85. The molecule has 1 aliphatic carbocycles. The first kappa shape index (κ1) is 32.9. The van der Waals surface area contributed by atoms with E-state index < -0.39 is 47.3 Å². The maximum absolute atomic E-state index is 14.3. The zero-order valence-electron chi connectivity index (χ0n) is 27.7. The van der Waals surface area contributed by atoms with Crippen LogP contribution in [0.25, 0.3) is 11.0 Å². The molecule has 2 amide bonds. The molecule has 3 aliphatic rings. The fraction of sp³-hybridized carbons (Fsp3) is 0.676. The molecule has 0 radical (unpaired) electrons. The van der Waals surface area contributed by atoms with Gasteiger partial charge in [0.25, 0.3) is 0 Å². The van der Waals surface area contributed by atoms with Gasteiger partial charge in [-0.2, -0.15) is 0 Å². The Morgan fingerprint density at radius 1 is 1.07 bits per heavy atom. The lowest BCUT2D eigenvalue weighted by Crippen LogP contribution is -2.58. The van der Waals surface area contributed by atoms with Crippen LogP contribution in [-0.2, 0) is 25.5 Å². The summed E-state index contributed by atoms with van der Waals surface area (Å²) in [5, 5.41) is 2.89. The number of Topliss-reactive ketones (excluding diaryl/α,β-unsaturated/α-hetero) is 1. The second kappa shape index (κ2) is 13.1. The summed E-state index contributed by atoms with van der Waals surface area (Å²) in [6.45, 7) is 9.17. The number of hydrogen-bond acceptors (Lipinski definition) is 9. The van der Waals surface area contributed by atoms with Crippen LogP contribution in [0.5, 0.6) is 11.6 Å². The lowest BCUT2D eigenvalue weighted by Gasteiger charge is -2.37. The number of benzene rings is 1. The first-order valence-electron chi connectivity index (χ1n) is 16.2. The Morgan fingerprint density at radius 3 is 2.51 bits per heavy atom. The number of aromatic nitrogens is 2. The standard InChI is InChI=1S/C34H48N4O7/c1-20(39)27-28(43-7)26-19-38(27)31(40)29(33(2,3)4)37-32(41)45-34(5)17-11-13-21(34)12-9-8-10-14-24-30(44-26)36-25-18-22(42-6)15-16-23(25)35-24/h15-16,18,21,26-29H,8-14,17,19H2,1-7H3,(H,37,41)/t21-,26+,27-,28-,29-,34-/m1/s1. The van der Waals surface area contributed by atoms with Crippen LogP contribution in [0.4, 0.5) is 4.79 Å². The molecule has 1 aromatic carbocycles. The van der Waals surface area contributed by atoms with Crippen LogP contribution in [-0.4, -0.2) is 83.3 Å². The van der Waals surface area contributed by atoms with E-state index in [2.05, 4.69) is 5.32 Å². The predicted octanol–water partition coefficient (Wildman–Crippen LogP) is 5.02. The second-order valence-electron chi connectivity index (χ2n) is 14.1. The fourth-order valence-electron chi connectivity index (χ4n) is 7.26. The molecule has 0 spiro atoms. The van der Waals surface area contributed by atoms with Crippen molar-refractivity contribution in [2.75, 3.05) is 20.8 Å². The highest BCUT2D eigenvalue weighted by atomic mass is 16.6. The third-order valence-corrected chi connectivity index (χ3v) is 9.79. The average Bonchev–Trinajstić information content (AvgIpc) is 3.53. The van der Waals surface area contributed by atoms with Gasteiger partial charge in [-0.15, -0.1) is 0 Å². The maximum atomic E-state index is 14.3. The van der Waals surface area contributed by atoms with E-state index in [1.165, 1.54) is 18.9 Å².